The van der Waals surface area contributed by atoms with Crippen LogP contribution in [0.3, 0.4) is 0 Å². The third kappa shape index (κ3) is 4.34. The number of thioether (sulfide) groups is 1. The zero-order chi connectivity index (χ0) is 22.0. The van der Waals surface area contributed by atoms with E-state index in [1.54, 1.807) is 4.57 Å². The number of fused-ring (bicyclic) bond motifs is 3. The summed E-state index contributed by atoms with van der Waals surface area (Å²) in [5, 5.41) is 12.4. The zero-order valence-corrected chi connectivity index (χ0v) is 18.6. The Hall–Kier alpha value is -3.13. The molecule has 2 aromatic carbocycles. The fourth-order valence-corrected chi connectivity index (χ4v) is 4.23. The number of nitrogens with zero attached hydrogens (tertiary/aromatic N) is 4. The van der Waals surface area contributed by atoms with Crippen LogP contribution < -0.4 is 10.9 Å². The predicted molar refractivity (Wildman–Crippen MR) is 125 cm³/mol. The first-order valence-corrected chi connectivity index (χ1v) is 11.2. The number of amides is 1. The second kappa shape index (κ2) is 8.93. The molecule has 8 heteroatoms. The van der Waals surface area contributed by atoms with E-state index >= 15 is 0 Å². The first kappa shape index (κ1) is 21.1. The van der Waals surface area contributed by atoms with E-state index in [0.29, 0.717) is 28.8 Å². The fraction of sp³-hybridized carbons (Fsp3) is 0.304. The first-order chi connectivity index (χ1) is 15.0. The number of anilines is 1. The van der Waals surface area contributed by atoms with Gasteiger partial charge in [-0.15, -0.1) is 10.2 Å². The van der Waals surface area contributed by atoms with E-state index in [2.05, 4.69) is 29.4 Å². The van der Waals surface area contributed by atoms with Gasteiger partial charge in [-0.3, -0.25) is 18.6 Å². The molecular formula is C23H25N5O2S. The molecule has 0 radical (unpaired) electrons. The van der Waals surface area contributed by atoms with Gasteiger partial charge in [-0.1, -0.05) is 55.9 Å². The minimum Gasteiger partial charge on any atom is -0.325 e. The molecule has 0 saturated heterocycles. The standard InChI is InChI=1S/C23H25N5O2S/c1-15(2)13-14-27-21(30)18-11-7-8-12-19(18)28-22(27)25-26-23(28)31-16(3)20(29)24-17-9-5-4-6-10-17/h4-12,15-16H,13-14H2,1-3H3,(H,24,29). The van der Waals surface area contributed by atoms with Crippen LogP contribution in [0, 0.1) is 5.92 Å². The van der Waals surface area contributed by atoms with Gasteiger partial charge in [0.05, 0.1) is 16.2 Å². The van der Waals surface area contributed by atoms with Crippen LogP contribution in [0.5, 0.6) is 0 Å². The van der Waals surface area contributed by atoms with Gasteiger partial charge in [0.2, 0.25) is 11.7 Å². The summed E-state index contributed by atoms with van der Waals surface area (Å²) < 4.78 is 3.57. The van der Waals surface area contributed by atoms with Crippen molar-refractivity contribution in [1.82, 2.24) is 19.2 Å². The average Bonchev–Trinajstić information content (AvgIpc) is 3.17. The smallest absolute Gasteiger partial charge is 0.262 e. The highest BCUT2D eigenvalue weighted by atomic mass is 32.2. The van der Waals surface area contributed by atoms with Crippen LogP contribution in [0.25, 0.3) is 16.7 Å². The van der Waals surface area contributed by atoms with Crippen molar-refractivity contribution >= 4 is 40.0 Å². The summed E-state index contributed by atoms with van der Waals surface area (Å²) in [6.45, 7) is 6.65. The number of rotatable bonds is 7. The number of hydrogen-bond donors (Lipinski definition) is 1. The Morgan fingerprint density at radius 1 is 1.03 bits per heavy atom. The van der Waals surface area contributed by atoms with Gasteiger partial charge in [0, 0.05) is 12.2 Å². The normalized spacial score (nSPS) is 12.5. The van der Waals surface area contributed by atoms with Gasteiger partial charge in [0.15, 0.2) is 5.16 Å². The molecule has 0 aliphatic heterocycles. The van der Waals surface area contributed by atoms with Crippen LogP contribution in [0.1, 0.15) is 27.2 Å². The SMILES string of the molecule is CC(C)CCn1c(=O)c2ccccc2n2c(SC(C)C(=O)Nc3ccccc3)nnc12. The molecule has 0 aliphatic carbocycles. The maximum absolute atomic E-state index is 13.1. The molecule has 7 nitrogen and oxygen atoms in total. The minimum absolute atomic E-state index is 0.0671. The highest BCUT2D eigenvalue weighted by molar-refractivity contribution is 8.00. The highest BCUT2D eigenvalue weighted by Gasteiger charge is 2.21. The van der Waals surface area contributed by atoms with E-state index < -0.39 is 5.25 Å². The maximum Gasteiger partial charge on any atom is 0.262 e. The number of aryl methyl sites for hydroxylation is 1. The molecule has 4 aromatic rings. The van der Waals surface area contributed by atoms with Gasteiger partial charge in [-0.05, 0) is 43.5 Å². The third-order valence-corrected chi connectivity index (χ3v) is 6.14. The van der Waals surface area contributed by atoms with Crippen LogP contribution in [0.15, 0.2) is 64.5 Å². The van der Waals surface area contributed by atoms with Crippen molar-refractivity contribution < 1.29 is 4.79 Å². The molecule has 1 atom stereocenters. The highest BCUT2D eigenvalue weighted by Crippen LogP contribution is 2.26. The minimum atomic E-state index is -0.401. The molecule has 1 N–H and O–H groups in total. The number of carbonyl (C=O) groups excluding carboxylic acids is 1. The third-order valence-electron chi connectivity index (χ3n) is 5.10. The fourth-order valence-electron chi connectivity index (χ4n) is 3.38. The quantitative estimate of drug-likeness (QED) is 0.440. The van der Waals surface area contributed by atoms with Crippen molar-refractivity contribution in [2.45, 2.75) is 44.1 Å². The molecule has 0 aliphatic rings. The zero-order valence-electron chi connectivity index (χ0n) is 17.8. The molecule has 31 heavy (non-hydrogen) atoms. The van der Waals surface area contributed by atoms with E-state index in [9.17, 15) is 9.59 Å². The van der Waals surface area contributed by atoms with E-state index in [1.807, 2.05) is 65.9 Å². The van der Waals surface area contributed by atoms with Crippen LogP contribution in [-0.4, -0.2) is 30.3 Å². The van der Waals surface area contributed by atoms with E-state index in [-0.39, 0.29) is 11.5 Å². The van der Waals surface area contributed by atoms with Crippen LogP contribution in [0.2, 0.25) is 0 Å². The predicted octanol–water partition coefficient (Wildman–Crippen LogP) is 4.21. The first-order valence-electron chi connectivity index (χ1n) is 10.3. The number of aromatic nitrogens is 4. The second-order valence-corrected chi connectivity index (χ2v) is 9.20. The Morgan fingerprint density at radius 3 is 2.48 bits per heavy atom. The lowest BCUT2D eigenvalue weighted by Gasteiger charge is -2.14. The molecule has 2 aromatic heterocycles. The Balaban J connectivity index is 1.72. The molecule has 160 valence electrons. The van der Waals surface area contributed by atoms with Gasteiger partial charge in [-0.25, -0.2) is 0 Å². The van der Waals surface area contributed by atoms with Gasteiger partial charge in [0.1, 0.15) is 0 Å². The van der Waals surface area contributed by atoms with E-state index in [1.165, 1.54) is 11.8 Å². The summed E-state index contributed by atoms with van der Waals surface area (Å²) in [6.07, 6.45) is 0.860. The van der Waals surface area contributed by atoms with Crippen molar-refractivity contribution in [3.63, 3.8) is 0 Å². The van der Waals surface area contributed by atoms with Gasteiger partial charge >= 0.3 is 0 Å². The summed E-state index contributed by atoms with van der Waals surface area (Å²) >= 11 is 1.32. The van der Waals surface area contributed by atoms with E-state index in [0.717, 1.165) is 17.6 Å². The lowest BCUT2D eigenvalue weighted by Crippen LogP contribution is -2.24. The van der Waals surface area contributed by atoms with Crippen molar-refractivity contribution in [3.8, 4) is 0 Å². The summed E-state index contributed by atoms with van der Waals surface area (Å²) in [7, 11) is 0. The molecule has 1 unspecified atom stereocenters. The molecule has 0 bridgehead atoms. The number of carbonyl (C=O) groups is 1. The Morgan fingerprint density at radius 2 is 1.74 bits per heavy atom. The van der Waals surface area contributed by atoms with Crippen LogP contribution >= 0.6 is 11.8 Å². The topological polar surface area (TPSA) is 81.3 Å². The Bertz CT molecular complexity index is 1280. The largest absolute Gasteiger partial charge is 0.325 e. The number of hydrogen-bond acceptors (Lipinski definition) is 5. The lowest BCUT2D eigenvalue weighted by atomic mass is 10.1. The summed E-state index contributed by atoms with van der Waals surface area (Å²) in [5.41, 5.74) is 1.42. The summed E-state index contributed by atoms with van der Waals surface area (Å²) in [5.74, 6) is 0.838. The lowest BCUT2D eigenvalue weighted by molar-refractivity contribution is -0.115. The molecule has 1 amide bonds. The number of para-hydroxylation sites is 2. The monoisotopic (exact) mass is 435 g/mol. The van der Waals surface area contributed by atoms with Crippen molar-refractivity contribution in [2.75, 3.05) is 5.32 Å². The van der Waals surface area contributed by atoms with Gasteiger partial charge in [-0.2, -0.15) is 0 Å². The molecule has 0 fully saturated rings. The number of nitrogens with one attached hydrogen (secondary N) is 1. The Kier molecular flexibility index (Phi) is 6.08. The molecule has 0 saturated carbocycles. The Labute approximate surface area is 184 Å². The van der Waals surface area contributed by atoms with Gasteiger partial charge < -0.3 is 5.32 Å². The second-order valence-electron chi connectivity index (χ2n) is 7.89. The van der Waals surface area contributed by atoms with Crippen LogP contribution in [-0.2, 0) is 11.3 Å². The van der Waals surface area contributed by atoms with Crippen molar-refractivity contribution in [1.29, 1.82) is 0 Å². The van der Waals surface area contributed by atoms with Gasteiger partial charge in [0.25, 0.3) is 5.56 Å². The summed E-state index contributed by atoms with van der Waals surface area (Å²) in [4.78, 5) is 25.8. The van der Waals surface area contributed by atoms with Crippen LogP contribution in [0.4, 0.5) is 5.69 Å². The average molecular weight is 436 g/mol. The molecular weight excluding hydrogens is 410 g/mol. The number of benzene rings is 2. The maximum atomic E-state index is 13.1. The van der Waals surface area contributed by atoms with Crippen molar-refractivity contribution in [2.24, 2.45) is 5.92 Å². The molecule has 2 heterocycles. The molecule has 4 rings (SSSR count). The summed E-state index contributed by atoms with van der Waals surface area (Å²) in [6, 6.07) is 16.8. The molecule has 0 spiro atoms. The van der Waals surface area contributed by atoms with E-state index in [4.69, 9.17) is 0 Å². The van der Waals surface area contributed by atoms with Crippen molar-refractivity contribution in [3.05, 3.63) is 65.0 Å².